The molecule has 0 aromatic carbocycles. The number of carbonyl (C=O) groups is 2. The summed E-state index contributed by atoms with van der Waals surface area (Å²) < 4.78 is 5.28. The van der Waals surface area contributed by atoms with Crippen molar-refractivity contribution in [2.75, 3.05) is 24.6 Å². The molecule has 2 atom stereocenters. The maximum atomic E-state index is 12.6. The molecule has 0 aliphatic carbocycles. The van der Waals surface area contributed by atoms with Gasteiger partial charge in [0.2, 0.25) is 5.91 Å². The lowest BCUT2D eigenvalue weighted by Gasteiger charge is -2.33. The normalized spacial score (nSPS) is 18.8. The summed E-state index contributed by atoms with van der Waals surface area (Å²) in [5.74, 6) is 2.02. The predicted octanol–water partition coefficient (Wildman–Crippen LogP) is 2.50. The second kappa shape index (κ2) is 7.92. The molecule has 0 aromatic heterocycles. The smallest absolute Gasteiger partial charge is 0.408 e. The van der Waals surface area contributed by atoms with Crippen LogP contribution in [0.3, 0.4) is 0 Å². The molecule has 0 spiro atoms. The largest absolute Gasteiger partial charge is 0.444 e. The van der Waals surface area contributed by atoms with Crippen molar-refractivity contribution in [1.82, 2.24) is 10.2 Å². The lowest BCUT2D eigenvalue weighted by atomic mass is 9.98. The van der Waals surface area contributed by atoms with Crippen molar-refractivity contribution in [3.8, 4) is 0 Å². The molecule has 21 heavy (non-hydrogen) atoms. The number of ether oxygens (including phenoxy) is 1. The van der Waals surface area contributed by atoms with Crippen molar-refractivity contribution in [2.24, 2.45) is 5.92 Å². The van der Waals surface area contributed by atoms with E-state index in [9.17, 15) is 9.59 Å². The molecule has 1 saturated heterocycles. The van der Waals surface area contributed by atoms with Crippen molar-refractivity contribution >= 4 is 23.8 Å². The molecule has 1 N–H and O–H groups in total. The Labute approximate surface area is 132 Å². The highest BCUT2D eigenvalue weighted by atomic mass is 32.2. The number of hydrogen-bond acceptors (Lipinski definition) is 4. The van der Waals surface area contributed by atoms with Crippen LogP contribution in [-0.2, 0) is 9.53 Å². The van der Waals surface area contributed by atoms with E-state index < -0.39 is 17.7 Å². The highest BCUT2D eigenvalue weighted by molar-refractivity contribution is 7.99. The molecule has 0 radical (unpaired) electrons. The number of amides is 2. The third-order valence-electron chi connectivity index (χ3n) is 3.47. The summed E-state index contributed by atoms with van der Waals surface area (Å²) in [6.07, 6.45) is 0.307. The molecule has 6 heteroatoms. The average molecular weight is 316 g/mol. The van der Waals surface area contributed by atoms with Gasteiger partial charge in [-0.25, -0.2) is 4.79 Å². The molecule has 1 aliphatic rings. The van der Waals surface area contributed by atoms with E-state index in [0.717, 1.165) is 31.0 Å². The second-order valence-corrected chi connectivity index (χ2v) is 7.67. The Hall–Kier alpha value is -0.910. The number of thioether (sulfide) groups is 1. The van der Waals surface area contributed by atoms with E-state index in [4.69, 9.17) is 4.74 Å². The fraction of sp³-hybridized carbons (Fsp3) is 0.867. The van der Waals surface area contributed by atoms with E-state index in [2.05, 4.69) is 5.32 Å². The van der Waals surface area contributed by atoms with E-state index in [1.54, 1.807) is 0 Å². The minimum Gasteiger partial charge on any atom is -0.444 e. The summed E-state index contributed by atoms with van der Waals surface area (Å²) in [7, 11) is 0. The molecule has 5 nitrogen and oxygen atoms in total. The Morgan fingerprint density at radius 3 is 2.33 bits per heavy atom. The first kappa shape index (κ1) is 18.1. The summed E-state index contributed by atoms with van der Waals surface area (Å²) in [6.45, 7) is 11.0. The summed E-state index contributed by atoms with van der Waals surface area (Å²) >= 11 is 1.86. The summed E-state index contributed by atoms with van der Waals surface area (Å²) in [5, 5.41) is 2.76. The summed E-state index contributed by atoms with van der Waals surface area (Å²) in [4.78, 5) is 26.5. The van der Waals surface area contributed by atoms with Crippen LogP contribution >= 0.6 is 11.8 Å². The minimum absolute atomic E-state index is 0.00973. The van der Waals surface area contributed by atoms with Crippen LogP contribution in [0.1, 0.15) is 41.0 Å². The number of alkyl carbamates (subject to hydrolysis) is 1. The SMILES string of the molecule is CC[C@H](C)[C@H](NC(=O)OC(C)(C)C)C(=O)N1CCSCC1. The van der Waals surface area contributed by atoms with E-state index in [-0.39, 0.29) is 11.8 Å². The Morgan fingerprint density at radius 2 is 1.86 bits per heavy atom. The zero-order valence-electron chi connectivity index (χ0n) is 13.8. The van der Waals surface area contributed by atoms with Gasteiger partial charge in [-0.2, -0.15) is 11.8 Å². The highest BCUT2D eigenvalue weighted by Crippen LogP contribution is 2.16. The van der Waals surface area contributed by atoms with Crippen molar-refractivity contribution in [3.05, 3.63) is 0 Å². The van der Waals surface area contributed by atoms with Gasteiger partial charge in [0.05, 0.1) is 0 Å². The van der Waals surface area contributed by atoms with Gasteiger partial charge >= 0.3 is 6.09 Å². The third kappa shape index (κ3) is 6.16. The fourth-order valence-electron chi connectivity index (χ4n) is 2.10. The predicted molar refractivity (Wildman–Crippen MR) is 86.5 cm³/mol. The van der Waals surface area contributed by atoms with Crippen LogP contribution in [0.15, 0.2) is 0 Å². The van der Waals surface area contributed by atoms with Crippen LogP contribution in [0.2, 0.25) is 0 Å². The van der Waals surface area contributed by atoms with Crippen LogP contribution in [0.5, 0.6) is 0 Å². The van der Waals surface area contributed by atoms with Gasteiger partial charge in [0.15, 0.2) is 0 Å². The Kier molecular flexibility index (Phi) is 6.84. The average Bonchev–Trinajstić information content (AvgIpc) is 2.42. The van der Waals surface area contributed by atoms with Crippen LogP contribution in [0.25, 0.3) is 0 Å². The van der Waals surface area contributed by atoms with Gasteiger partial charge < -0.3 is 15.0 Å². The zero-order chi connectivity index (χ0) is 16.0. The maximum Gasteiger partial charge on any atom is 0.408 e. The summed E-state index contributed by atoms with van der Waals surface area (Å²) in [6, 6.07) is -0.507. The molecule has 0 aromatic rings. The topological polar surface area (TPSA) is 58.6 Å². The maximum absolute atomic E-state index is 12.6. The van der Waals surface area contributed by atoms with Crippen molar-refractivity contribution in [2.45, 2.75) is 52.7 Å². The molecule has 0 unspecified atom stereocenters. The van der Waals surface area contributed by atoms with Gasteiger partial charge in [-0.15, -0.1) is 0 Å². The Balaban J connectivity index is 2.70. The first-order valence-electron chi connectivity index (χ1n) is 7.60. The van der Waals surface area contributed by atoms with Gasteiger partial charge in [0.1, 0.15) is 11.6 Å². The van der Waals surface area contributed by atoms with E-state index in [1.165, 1.54) is 0 Å². The fourth-order valence-corrected chi connectivity index (χ4v) is 3.00. The quantitative estimate of drug-likeness (QED) is 0.866. The Bertz CT molecular complexity index is 362. The molecule has 2 amide bonds. The lowest BCUT2D eigenvalue weighted by Crippen LogP contribution is -2.54. The van der Waals surface area contributed by atoms with Gasteiger partial charge in [-0.1, -0.05) is 20.3 Å². The van der Waals surface area contributed by atoms with Gasteiger partial charge in [0, 0.05) is 24.6 Å². The molecule has 1 rings (SSSR count). The molecule has 0 bridgehead atoms. The summed E-state index contributed by atoms with van der Waals surface area (Å²) in [5.41, 5.74) is -0.561. The molecular formula is C15H28N2O3S. The highest BCUT2D eigenvalue weighted by Gasteiger charge is 2.32. The zero-order valence-corrected chi connectivity index (χ0v) is 14.6. The number of rotatable bonds is 4. The molecule has 122 valence electrons. The Morgan fingerprint density at radius 1 is 1.29 bits per heavy atom. The van der Waals surface area contributed by atoms with Crippen LogP contribution in [0, 0.1) is 5.92 Å². The van der Waals surface area contributed by atoms with Crippen molar-refractivity contribution < 1.29 is 14.3 Å². The van der Waals surface area contributed by atoms with Crippen LogP contribution in [0.4, 0.5) is 4.79 Å². The standard InChI is InChI=1S/C15H28N2O3S/c1-6-11(2)12(16-14(19)20-15(3,4)5)13(18)17-7-9-21-10-8-17/h11-12H,6-10H2,1-5H3,(H,16,19)/t11-,12-/m0/s1. The van der Waals surface area contributed by atoms with Crippen molar-refractivity contribution in [3.63, 3.8) is 0 Å². The number of hydrogen-bond donors (Lipinski definition) is 1. The first-order chi connectivity index (χ1) is 9.74. The second-order valence-electron chi connectivity index (χ2n) is 6.45. The molecule has 1 fully saturated rings. The van der Waals surface area contributed by atoms with E-state index >= 15 is 0 Å². The van der Waals surface area contributed by atoms with Gasteiger partial charge in [-0.05, 0) is 26.7 Å². The molecule has 1 aliphatic heterocycles. The monoisotopic (exact) mass is 316 g/mol. The van der Waals surface area contributed by atoms with E-state index in [1.807, 2.05) is 51.3 Å². The number of nitrogens with one attached hydrogen (secondary N) is 1. The first-order valence-corrected chi connectivity index (χ1v) is 8.76. The molecule has 0 saturated carbocycles. The lowest BCUT2D eigenvalue weighted by molar-refractivity contribution is -0.134. The van der Waals surface area contributed by atoms with Crippen molar-refractivity contribution in [1.29, 1.82) is 0 Å². The van der Waals surface area contributed by atoms with Gasteiger partial charge in [-0.3, -0.25) is 4.79 Å². The van der Waals surface area contributed by atoms with Crippen LogP contribution in [-0.4, -0.2) is 53.1 Å². The number of nitrogens with zero attached hydrogens (tertiary/aromatic N) is 1. The van der Waals surface area contributed by atoms with Gasteiger partial charge in [0.25, 0.3) is 0 Å². The molecular weight excluding hydrogens is 288 g/mol. The minimum atomic E-state index is -0.561. The van der Waals surface area contributed by atoms with Crippen LogP contribution < -0.4 is 5.32 Å². The number of carbonyl (C=O) groups excluding carboxylic acids is 2. The third-order valence-corrected chi connectivity index (χ3v) is 4.42. The molecule has 1 heterocycles. The van der Waals surface area contributed by atoms with E-state index in [0.29, 0.717) is 0 Å².